The molecule has 0 bridgehead atoms. The summed E-state index contributed by atoms with van der Waals surface area (Å²) in [5.74, 6) is -0.585. The summed E-state index contributed by atoms with van der Waals surface area (Å²) in [6.07, 6.45) is 1.92. The third-order valence-corrected chi connectivity index (χ3v) is 6.59. The van der Waals surface area contributed by atoms with Gasteiger partial charge in [-0.05, 0) is 68.5 Å². The van der Waals surface area contributed by atoms with Gasteiger partial charge in [0.2, 0.25) is 0 Å². The fourth-order valence-electron chi connectivity index (χ4n) is 2.50. The zero-order valence-electron chi connectivity index (χ0n) is 15.4. The second-order valence-corrected chi connectivity index (χ2v) is 8.45. The minimum atomic E-state index is -3.91. The highest BCUT2D eigenvalue weighted by Gasteiger charge is 2.29. The number of hydrogen-bond acceptors (Lipinski definition) is 5. The van der Waals surface area contributed by atoms with E-state index in [1.165, 1.54) is 11.8 Å². The normalized spacial score (nSPS) is 11.2. The molecular formula is C19H23NO4S2. The molecule has 2 aromatic carbocycles. The Morgan fingerprint density at radius 3 is 2.35 bits per heavy atom. The van der Waals surface area contributed by atoms with Gasteiger partial charge in [-0.1, -0.05) is 12.1 Å². The fraction of sp³-hybridized carbons (Fsp3) is 0.316. The Morgan fingerprint density at radius 2 is 1.77 bits per heavy atom. The van der Waals surface area contributed by atoms with Crippen molar-refractivity contribution < 1.29 is 17.9 Å². The summed E-state index contributed by atoms with van der Waals surface area (Å²) < 4.78 is 32.6. The molecule has 0 amide bonds. The van der Waals surface area contributed by atoms with Crippen LogP contribution in [-0.2, 0) is 19.6 Å². The Labute approximate surface area is 159 Å². The van der Waals surface area contributed by atoms with Crippen LogP contribution in [0.4, 0.5) is 5.69 Å². The second-order valence-electron chi connectivity index (χ2n) is 5.71. The van der Waals surface area contributed by atoms with Gasteiger partial charge in [0.25, 0.3) is 10.0 Å². The highest BCUT2D eigenvalue weighted by molar-refractivity contribution is 7.98. The van der Waals surface area contributed by atoms with Gasteiger partial charge in [-0.15, -0.1) is 11.8 Å². The van der Waals surface area contributed by atoms with Gasteiger partial charge in [0.05, 0.1) is 17.2 Å². The first-order valence-electron chi connectivity index (χ1n) is 8.20. The molecule has 0 spiro atoms. The Morgan fingerprint density at radius 1 is 1.12 bits per heavy atom. The van der Waals surface area contributed by atoms with E-state index in [9.17, 15) is 13.2 Å². The van der Waals surface area contributed by atoms with Gasteiger partial charge < -0.3 is 4.74 Å². The van der Waals surface area contributed by atoms with Crippen LogP contribution in [0.5, 0.6) is 0 Å². The average molecular weight is 394 g/mol. The Bertz CT molecular complexity index is 877. The maximum atomic E-state index is 13.2. The summed E-state index contributed by atoms with van der Waals surface area (Å²) >= 11 is 1.53. The fourth-order valence-corrected chi connectivity index (χ4v) is 4.38. The lowest BCUT2D eigenvalue weighted by Crippen LogP contribution is -2.37. The van der Waals surface area contributed by atoms with E-state index in [0.717, 1.165) is 20.3 Å². The minimum absolute atomic E-state index is 0.139. The number of hydrogen-bond donors (Lipinski definition) is 0. The molecule has 0 saturated carbocycles. The van der Waals surface area contributed by atoms with E-state index >= 15 is 0 Å². The standard InChI is InChI=1S/C19H23NO4S2/c1-5-24-19(21)13-20(18-8-6-7-14(2)15(18)3)26(22,23)17-11-9-16(25-4)10-12-17/h6-12H,5,13H2,1-4H3. The molecule has 0 aromatic heterocycles. The molecule has 26 heavy (non-hydrogen) atoms. The molecule has 0 heterocycles. The van der Waals surface area contributed by atoms with Gasteiger partial charge in [-0.3, -0.25) is 9.10 Å². The van der Waals surface area contributed by atoms with Crippen LogP contribution in [0.15, 0.2) is 52.3 Å². The van der Waals surface area contributed by atoms with E-state index in [4.69, 9.17) is 4.74 Å². The zero-order valence-corrected chi connectivity index (χ0v) is 17.0. The van der Waals surface area contributed by atoms with Crippen LogP contribution in [0.3, 0.4) is 0 Å². The van der Waals surface area contributed by atoms with Crippen molar-refractivity contribution in [2.45, 2.75) is 30.6 Å². The number of nitrogens with zero attached hydrogens (tertiary/aromatic N) is 1. The van der Waals surface area contributed by atoms with E-state index in [1.807, 2.05) is 26.2 Å². The highest BCUT2D eigenvalue weighted by atomic mass is 32.2. The number of ether oxygens (including phenoxy) is 1. The number of benzene rings is 2. The van der Waals surface area contributed by atoms with Crippen molar-refractivity contribution in [3.63, 3.8) is 0 Å². The first kappa shape index (κ1) is 20.3. The van der Waals surface area contributed by atoms with Crippen LogP contribution in [-0.4, -0.2) is 33.8 Å². The van der Waals surface area contributed by atoms with Crippen LogP contribution in [0.25, 0.3) is 0 Å². The number of thioether (sulfide) groups is 1. The van der Waals surface area contributed by atoms with Crippen molar-refractivity contribution in [3.05, 3.63) is 53.6 Å². The molecule has 0 atom stereocenters. The van der Waals surface area contributed by atoms with Crippen molar-refractivity contribution in [1.29, 1.82) is 0 Å². The number of carbonyl (C=O) groups is 1. The van der Waals surface area contributed by atoms with Crippen LogP contribution in [0, 0.1) is 13.8 Å². The van der Waals surface area contributed by atoms with Crippen molar-refractivity contribution in [3.8, 4) is 0 Å². The summed E-state index contributed by atoms with van der Waals surface area (Å²) in [4.78, 5) is 13.2. The Balaban J connectivity index is 2.54. The first-order valence-corrected chi connectivity index (χ1v) is 10.9. The van der Waals surface area contributed by atoms with Crippen molar-refractivity contribution in [2.24, 2.45) is 0 Å². The summed E-state index contributed by atoms with van der Waals surface area (Å²) in [6, 6.07) is 12.0. The van der Waals surface area contributed by atoms with E-state index in [0.29, 0.717) is 5.69 Å². The molecular weight excluding hydrogens is 370 g/mol. The third kappa shape index (κ3) is 4.40. The zero-order chi connectivity index (χ0) is 19.3. The van der Waals surface area contributed by atoms with Crippen LogP contribution in [0.2, 0.25) is 0 Å². The maximum absolute atomic E-state index is 13.2. The first-order chi connectivity index (χ1) is 12.3. The summed E-state index contributed by atoms with van der Waals surface area (Å²) in [5, 5.41) is 0. The number of esters is 1. The lowest BCUT2D eigenvalue weighted by Gasteiger charge is -2.26. The van der Waals surface area contributed by atoms with E-state index in [2.05, 4.69) is 0 Å². The van der Waals surface area contributed by atoms with Crippen LogP contribution < -0.4 is 4.31 Å². The summed E-state index contributed by atoms with van der Waals surface area (Å²) in [7, 11) is -3.91. The lowest BCUT2D eigenvalue weighted by molar-refractivity contribution is -0.141. The molecule has 0 radical (unpaired) electrons. The molecule has 0 unspecified atom stereocenters. The van der Waals surface area contributed by atoms with E-state index < -0.39 is 16.0 Å². The molecule has 5 nitrogen and oxygen atoms in total. The smallest absolute Gasteiger partial charge is 0.326 e. The predicted molar refractivity (Wildman–Crippen MR) is 105 cm³/mol. The Kier molecular flexibility index (Phi) is 6.72. The van der Waals surface area contributed by atoms with Crippen LogP contribution in [0.1, 0.15) is 18.1 Å². The number of rotatable bonds is 7. The van der Waals surface area contributed by atoms with Gasteiger partial charge in [0.1, 0.15) is 6.54 Å². The van der Waals surface area contributed by atoms with Gasteiger partial charge in [0.15, 0.2) is 0 Å². The topological polar surface area (TPSA) is 63.7 Å². The van der Waals surface area contributed by atoms with E-state index in [1.54, 1.807) is 43.3 Å². The molecule has 0 aliphatic carbocycles. The monoisotopic (exact) mass is 393 g/mol. The predicted octanol–water partition coefficient (Wildman–Crippen LogP) is 3.78. The molecule has 2 aromatic rings. The summed E-state index contributed by atoms with van der Waals surface area (Å²) in [6.45, 7) is 5.26. The number of carbonyl (C=O) groups excluding carboxylic acids is 1. The van der Waals surface area contributed by atoms with Gasteiger partial charge in [-0.2, -0.15) is 0 Å². The van der Waals surface area contributed by atoms with Crippen molar-refractivity contribution in [1.82, 2.24) is 0 Å². The second kappa shape index (κ2) is 8.60. The largest absolute Gasteiger partial charge is 0.465 e. The third-order valence-electron chi connectivity index (χ3n) is 4.07. The molecule has 0 aliphatic heterocycles. The molecule has 2 rings (SSSR count). The molecule has 0 N–H and O–H groups in total. The maximum Gasteiger partial charge on any atom is 0.326 e. The molecule has 140 valence electrons. The highest BCUT2D eigenvalue weighted by Crippen LogP contribution is 2.29. The van der Waals surface area contributed by atoms with Crippen molar-refractivity contribution >= 4 is 33.4 Å². The Hall–Kier alpha value is -1.99. The van der Waals surface area contributed by atoms with Crippen molar-refractivity contribution in [2.75, 3.05) is 23.7 Å². The molecule has 0 fully saturated rings. The lowest BCUT2D eigenvalue weighted by atomic mass is 10.1. The number of sulfonamides is 1. The summed E-state index contributed by atoms with van der Waals surface area (Å²) in [5.41, 5.74) is 2.23. The number of anilines is 1. The number of aryl methyl sites for hydroxylation is 1. The minimum Gasteiger partial charge on any atom is -0.465 e. The van der Waals surface area contributed by atoms with Gasteiger partial charge in [-0.25, -0.2) is 8.42 Å². The quantitative estimate of drug-likeness (QED) is 0.529. The molecule has 7 heteroatoms. The molecule has 0 saturated heterocycles. The van der Waals surface area contributed by atoms with E-state index in [-0.39, 0.29) is 18.0 Å². The molecule has 0 aliphatic rings. The van der Waals surface area contributed by atoms with Gasteiger partial charge >= 0.3 is 5.97 Å². The van der Waals surface area contributed by atoms with Gasteiger partial charge in [0, 0.05) is 4.90 Å². The van der Waals surface area contributed by atoms with Crippen LogP contribution >= 0.6 is 11.8 Å². The average Bonchev–Trinajstić information content (AvgIpc) is 2.62. The SMILES string of the molecule is CCOC(=O)CN(c1cccc(C)c1C)S(=O)(=O)c1ccc(SC)cc1.